The maximum absolute atomic E-state index is 4.29. The average Bonchev–Trinajstić information content (AvgIpc) is 2.88. The van der Waals surface area contributed by atoms with Gasteiger partial charge in [0, 0.05) is 11.1 Å². The molecule has 1 heteroatoms. The van der Waals surface area contributed by atoms with Crippen molar-refractivity contribution >= 4 is 16.6 Å². The van der Waals surface area contributed by atoms with Crippen LogP contribution in [0.3, 0.4) is 0 Å². The number of allylic oxidation sites excluding steroid dienone is 1. The van der Waals surface area contributed by atoms with Gasteiger partial charge in [0.2, 0.25) is 0 Å². The van der Waals surface area contributed by atoms with E-state index in [4.69, 9.17) is 0 Å². The summed E-state index contributed by atoms with van der Waals surface area (Å²) in [5.74, 6) is 0. The minimum atomic E-state index is 1.01. The van der Waals surface area contributed by atoms with E-state index >= 15 is 0 Å². The van der Waals surface area contributed by atoms with Crippen molar-refractivity contribution in [2.45, 2.75) is 19.8 Å². The average molecular weight is 261 g/mol. The Balaban J connectivity index is 2.25. The van der Waals surface area contributed by atoms with Gasteiger partial charge in [0.15, 0.2) is 0 Å². The van der Waals surface area contributed by atoms with Crippen LogP contribution in [0.15, 0.2) is 67.2 Å². The second-order valence-corrected chi connectivity index (χ2v) is 5.11. The highest BCUT2D eigenvalue weighted by Crippen LogP contribution is 2.31. The van der Waals surface area contributed by atoms with Gasteiger partial charge >= 0.3 is 0 Å². The predicted molar refractivity (Wildman–Crippen MR) is 87.6 cm³/mol. The van der Waals surface area contributed by atoms with Crippen LogP contribution < -0.4 is 0 Å². The number of hydrogen-bond acceptors (Lipinski definition) is 0. The van der Waals surface area contributed by atoms with E-state index < -0.39 is 0 Å². The van der Waals surface area contributed by atoms with E-state index in [1.54, 1.807) is 0 Å². The fourth-order valence-electron chi connectivity index (χ4n) is 2.72. The molecule has 1 heterocycles. The van der Waals surface area contributed by atoms with E-state index in [1.807, 2.05) is 0 Å². The van der Waals surface area contributed by atoms with E-state index in [9.17, 15) is 0 Å². The minimum absolute atomic E-state index is 1.01. The number of aromatic nitrogens is 1. The van der Waals surface area contributed by atoms with Gasteiger partial charge in [-0.25, -0.2) is 0 Å². The molecule has 2 aromatic carbocycles. The molecule has 0 N–H and O–H groups in total. The van der Waals surface area contributed by atoms with Crippen molar-refractivity contribution in [2.75, 3.05) is 0 Å². The van der Waals surface area contributed by atoms with Crippen molar-refractivity contribution in [3.05, 3.63) is 67.2 Å². The summed E-state index contributed by atoms with van der Waals surface area (Å²) in [6, 6.07) is 21.3. The number of benzene rings is 2. The van der Waals surface area contributed by atoms with Crippen LogP contribution in [-0.2, 0) is 0 Å². The molecule has 20 heavy (non-hydrogen) atoms. The lowest BCUT2D eigenvalue weighted by molar-refractivity contribution is 0.922. The monoisotopic (exact) mass is 261 g/mol. The Bertz CT molecular complexity index is 735. The van der Waals surface area contributed by atoms with Crippen LogP contribution in [0, 0.1) is 0 Å². The number of hydrogen-bond donors (Lipinski definition) is 0. The molecule has 0 saturated heterocycles. The SMILES string of the molecule is C=C(CCC)n1c(-c2ccccc2)cc2ccccc21. The highest BCUT2D eigenvalue weighted by Gasteiger charge is 2.11. The van der Waals surface area contributed by atoms with Crippen molar-refractivity contribution in [3.8, 4) is 11.3 Å². The van der Waals surface area contributed by atoms with Gasteiger partial charge in [0.1, 0.15) is 0 Å². The Morgan fingerprint density at radius 3 is 2.45 bits per heavy atom. The molecule has 0 aliphatic carbocycles. The van der Waals surface area contributed by atoms with Crippen LogP contribution >= 0.6 is 0 Å². The second-order valence-electron chi connectivity index (χ2n) is 5.11. The molecule has 0 aliphatic heterocycles. The molecule has 3 aromatic rings. The largest absolute Gasteiger partial charge is 0.314 e. The van der Waals surface area contributed by atoms with Gasteiger partial charge in [-0.15, -0.1) is 0 Å². The molecule has 100 valence electrons. The highest BCUT2D eigenvalue weighted by molar-refractivity contribution is 5.90. The molecule has 0 amide bonds. The van der Waals surface area contributed by atoms with E-state index in [1.165, 1.54) is 22.2 Å². The summed E-state index contributed by atoms with van der Waals surface area (Å²) in [5, 5.41) is 1.27. The highest BCUT2D eigenvalue weighted by atomic mass is 15.0. The van der Waals surface area contributed by atoms with Gasteiger partial charge in [0.05, 0.1) is 11.2 Å². The minimum Gasteiger partial charge on any atom is -0.314 e. The van der Waals surface area contributed by atoms with Gasteiger partial charge in [-0.3, -0.25) is 0 Å². The molecule has 3 rings (SSSR count). The summed E-state index contributed by atoms with van der Waals surface area (Å²) in [6.07, 6.45) is 2.12. The zero-order valence-electron chi connectivity index (χ0n) is 11.8. The quantitative estimate of drug-likeness (QED) is 0.578. The lowest BCUT2D eigenvalue weighted by Crippen LogP contribution is -1.97. The normalized spacial score (nSPS) is 10.8. The fourth-order valence-corrected chi connectivity index (χ4v) is 2.72. The number of rotatable bonds is 4. The maximum Gasteiger partial charge on any atom is 0.0537 e. The number of para-hydroxylation sites is 1. The smallest absolute Gasteiger partial charge is 0.0537 e. The molecule has 1 aromatic heterocycles. The first-order valence-electron chi connectivity index (χ1n) is 7.15. The van der Waals surface area contributed by atoms with Crippen LogP contribution in [-0.4, -0.2) is 4.57 Å². The first-order valence-corrected chi connectivity index (χ1v) is 7.15. The lowest BCUT2D eigenvalue weighted by atomic mass is 10.1. The number of nitrogens with zero attached hydrogens (tertiary/aromatic N) is 1. The zero-order chi connectivity index (χ0) is 13.9. The molecule has 1 nitrogen and oxygen atoms in total. The van der Waals surface area contributed by atoms with E-state index in [0.29, 0.717) is 0 Å². The Morgan fingerprint density at radius 1 is 1.00 bits per heavy atom. The lowest BCUT2D eigenvalue weighted by Gasteiger charge is -2.13. The van der Waals surface area contributed by atoms with Crippen LogP contribution in [0.4, 0.5) is 0 Å². The van der Waals surface area contributed by atoms with Crippen molar-refractivity contribution in [1.29, 1.82) is 0 Å². The molecular formula is C19H19N. The molecular weight excluding hydrogens is 242 g/mol. The molecule has 0 radical (unpaired) electrons. The number of fused-ring (bicyclic) bond motifs is 1. The molecule has 0 fully saturated rings. The van der Waals surface area contributed by atoms with Crippen molar-refractivity contribution in [2.24, 2.45) is 0 Å². The summed E-state index contributed by atoms with van der Waals surface area (Å²) in [7, 11) is 0. The van der Waals surface area contributed by atoms with E-state index in [0.717, 1.165) is 18.5 Å². The fraction of sp³-hybridized carbons (Fsp3) is 0.158. The Kier molecular flexibility index (Phi) is 3.42. The van der Waals surface area contributed by atoms with E-state index in [2.05, 4.69) is 78.7 Å². The maximum atomic E-state index is 4.29. The molecule has 0 unspecified atom stereocenters. The first kappa shape index (κ1) is 12.7. The molecule has 0 spiro atoms. The molecule has 0 atom stereocenters. The van der Waals surface area contributed by atoms with Crippen LogP contribution in [0.1, 0.15) is 19.8 Å². The topological polar surface area (TPSA) is 4.93 Å². The summed E-state index contributed by atoms with van der Waals surface area (Å²) in [4.78, 5) is 0. The van der Waals surface area contributed by atoms with Crippen LogP contribution in [0.5, 0.6) is 0 Å². The third-order valence-electron chi connectivity index (χ3n) is 3.64. The van der Waals surface area contributed by atoms with Crippen LogP contribution in [0.2, 0.25) is 0 Å². The van der Waals surface area contributed by atoms with Gasteiger partial charge in [-0.05, 0) is 24.1 Å². The third-order valence-corrected chi connectivity index (χ3v) is 3.64. The summed E-state index contributed by atoms with van der Waals surface area (Å²) >= 11 is 0. The van der Waals surface area contributed by atoms with Gasteiger partial charge in [-0.2, -0.15) is 0 Å². The Morgan fingerprint density at radius 2 is 1.70 bits per heavy atom. The van der Waals surface area contributed by atoms with Gasteiger partial charge < -0.3 is 4.57 Å². The summed E-state index contributed by atoms with van der Waals surface area (Å²) in [5.41, 5.74) is 4.86. The predicted octanol–water partition coefficient (Wildman–Crippen LogP) is 5.58. The Hall–Kier alpha value is -2.28. The Labute approximate surface area is 120 Å². The second kappa shape index (κ2) is 5.38. The summed E-state index contributed by atoms with van der Waals surface area (Å²) < 4.78 is 2.30. The van der Waals surface area contributed by atoms with Crippen molar-refractivity contribution in [1.82, 2.24) is 4.57 Å². The van der Waals surface area contributed by atoms with Crippen LogP contribution in [0.25, 0.3) is 27.9 Å². The van der Waals surface area contributed by atoms with Gasteiger partial charge in [-0.1, -0.05) is 68.5 Å². The first-order chi connectivity index (χ1) is 9.81. The third kappa shape index (κ3) is 2.16. The molecule has 0 bridgehead atoms. The summed E-state index contributed by atoms with van der Waals surface area (Å²) in [6.45, 7) is 6.48. The van der Waals surface area contributed by atoms with E-state index in [-0.39, 0.29) is 0 Å². The molecule has 0 aliphatic rings. The van der Waals surface area contributed by atoms with Crippen molar-refractivity contribution in [3.63, 3.8) is 0 Å². The van der Waals surface area contributed by atoms with Crippen molar-refractivity contribution < 1.29 is 0 Å². The van der Waals surface area contributed by atoms with Gasteiger partial charge in [0.25, 0.3) is 0 Å². The standard InChI is InChI=1S/C19H19N/c1-3-9-15(2)20-18-13-8-7-12-17(18)14-19(20)16-10-5-4-6-11-16/h4-8,10-14H,2-3,9H2,1H3. The zero-order valence-corrected chi connectivity index (χ0v) is 11.8. The molecule has 0 saturated carbocycles.